The summed E-state index contributed by atoms with van der Waals surface area (Å²) < 4.78 is 16.1. The van der Waals surface area contributed by atoms with Crippen LogP contribution in [0.5, 0.6) is 0 Å². The minimum atomic E-state index is -0.458. The van der Waals surface area contributed by atoms with Gasteiger partial charge in [0, 0.05) is 33.9 Å². The Balaban J connectivity index is 1.96. The van der Waals surface area contributed by atoms with E-state index in [0.717, 1.165) is 11.2 Å². The van der Waals surface area contributed by atoms with Crippen molar-refractivity contribution in [3.8, 4) is 0 Å². The molecule has 0 saturated carbocycles. The number of aryl methyl sites for hydroxylation is 2. The molecule has 7 nitrogen and oxygen atoms in total. The van der Waals surface area contributed by atoms with Crippen LogP contribution in [0.4, 0.5) is 26.2 Å². The van der Waals surface area contributed by atoms with Gasteiger partial charge in [0.05, 0.1) is 22.4 Å². The maximum absolute atomic E-state index is 13.0. The Morgan fingerprint density at radius 2 is 1.58 bits per heavy atom. The number of rotatable bonds is 3. The molecule has 2 amide bonds. The van der Waals surface area contributed by atoms with Gasteiger partial charge in [-0.15, -0.1) is 0 Å². The van der Waals surface area contributed by atoms with Gasteiger partial charge < -0.3 is 15.5 Å². The van der Waals surface area contributed by atoms with E-state index >= 15 is 0 Å². The highest BCUT2D eigenvalue weighted by atomic mass is 19.1. The third-order valence-corrected chi connectivity index (χ3v) is 4.22. The molecule has 3 rings (SSSR count). The van der Waals surface area contributed by atoms with E-state index in [0.29, 0.717) is 16.9 Å². The molecule has 0 aliphatic carbocycles. The molecule has 0 atom stereocenters. The van der Waals surface area contributed by atoms with Crippen LogP contribution in [-0.4, -0.2) is 29.3 Å². The monoisotopic (exact) mass is 357 g/mol. The van der Waals surface area contributed by atoms with Crippen molar-refractivity contribution in [1.29, 1.82) is 0 Å². The maximum atomic E-state index is 13.0. The first-order chi connectivity index (χ1) is 12.3. The normalized spacial score (nSPS) is 10.8. The number of aromatic nitrogens is 2. The molecule has 0 unspecified atom stereocenters. The van der Waals surface area contributed by atoms with Crippen molar-refractivity contribution in [2.45, 2.75) is 0 Å². The van der Waals surface area contributed by atoms with Crippen LogP contribution in [-0.2, 0) is 14.1 Å². The number of imidazole rings is 1. The van der Waals surface area contributed by atoms with E-state index in [-0.39, 0.29) is 11.5 Å². The Morgan fingerprint density at radius 1 is 1.00 bits per heavy atom. The highest BCUT2D eigenvalue weighted by Crippen LogP contribution is 2.30. The van der Waals surface area contributed by atoms with Gasteiger partial charge >= 0.3 is 11.7 Å². The van der Waals surface area contributed by atoms with Crippen molar-refractivity contribution in [2.24, 2.45) is 14.1 Å². The topological polar surface area (TPSA) is 71.3 Å². The average Bonchev–Trinajstić information content (AvgIpc) is 2.80. The Bertz CT molecular complexity index is 1030. The summed E-state index contributed by atoms with van der Waals surface area (Å²) in [6.45, 7) is 0. The number of urea groups is 1. The fourth-order valence-electron chi connectivity index (χ4n) is 2.82. The molecule has 0 spiro atoms. The molecule has 136 valence electrons. The summed E-state index contributed by atoms with van der Waals surface area (Å²) in [7, 11) is 7.09. The first-order valence-electron chi connectivity index (χ1n) is 7.98. The molecule has 2 N–H and O–H groups in total. The summed E-state index contributed by atoms with van der Waals surface area (Å²) in [5, 5.41) is 5.45. The summed E-state index contributed by atoms with van der Waals surface area (Å²) in [4.78, 5) is 26.3. The van der Waals surface area contributed by atoms with Crippen LogP contribution in [0.3, 0.4) is 0 Å². The van der Waals surface area contributed by atoms with Gasteiger partial charge in [0.15, 0.2) is 0 Å². The lowest BCUT2D eigenvalue weighted by molar-refractivity contribution is 0.262. The molecular formula is C18H20FN5O2. The molecule has 0 saturated heterocycles. The van der Waals surface area contributed by atoms with Crippen LogP contribution < -0.4 is 21.2 Å². The second-order valence-electron chi connectivity index (χ2n) is 6.24. The summed E-state index contributed by atoms with van der Waals surface area (Å²) in [6, 6.07) is 8.65. The number of nitrogens with zero attached hydrogens (tertiary/aromatic N) is 3. The maximum Gasteiger partial charge on any atom is 0.328 e. The molecular weight excluding hydrogens is 337 g/mol. The van der Waals surface area contributed by atoms with Gasteiger partial charge in [0.2, 0.25) is 0 Å². The van der Waals surface area contributed by atoms with E-state index in [1.54, 1.807) is 24.7 Å². The molecule has 0 aliphatic rings. The van der Waals surface area contributed by atoms with Crippen molar-refractivity contribution in [3.63, 3.8) is 0 Å². The molecule has 1 heterocycles. The Kier molecular flexibility index (Phi) is 4.41. The van der Waals surface area contributed by atoms with Gasteiger partial charge in [-0.3, -0.25) is 9.13 Å². The van der Waals surface area contributed by atoms with E-state index in [4.69, 9.17) is 0 Å². The van der Waals surface area contributed by atoms with Crippen LogP contribution >= 0.6 is 0 Å². The summed E-state index contributed by atoms with van der Waals surface area (Å²) in [6.07, 6.45) is 0. The number of nitrogens with one attached hydrogen (secondary N) is 2. The molecule has 1 aromatic heterocycles. The number of hydrogen-bond acceptors (Lipinski definition) is 3. The number of anilines is 3. The quantitative estimate of drug-likeness (QED) is 0.757. The standard InChI is InChI=1S/C18H20FN5O2/c1-22(2)14-10-16-15(23(3)18(26)24(16)4)9-13(14)21-17(25)20-12-7-5-11(19)6-8-12/h5-10H,1-4H3,(H2,20,21,25). The second-order valence-corrected chi connectivity index (χ2v) is 6.24. The first-order valence-corrected chi connectivity index (χ1v) is 7.98. The van der Waals surface area contributed by atoms with Gasteiger partial charge in [-0.1, -0.05) is 0 Å². The van der Waals surface area contributed by atoms with Crippen molar-refractivity contribution >= 4 is 34.1 Å². The molecule has 0 radical (unpaired) electrons. The number of hydrogen-bond donors (Lipinski definition) is 2. The summed E-state index contributed by atoms with van der Waals surface area (Å²) in [5.41, 5.74) is 3.13. The number of amides is 2. The lowest BCUT2D eigenvalue weighted by Crippen LogP contribution is -2.21. The largest absolute Gasteiger partial charge is 0.376 e. The van der Waals surface area contributed by atoms with Gasteiger partial charge in [-0.05, 0) is 36.4 Å². The van der Waals surface area contributed by atoms with Crippen LogP contribution in [0.25, 0.3) is 11.0 Å². The second kappa shape index (κ2) is 6.55. The van der Waals surface area contributed by atoms with Crippen LogP contribution in [0.1, 0.15) is 0 Å². The summed E-state index contributed by atoms with van der Waals surface area (Å²) in [5.74, 6) is -0.374. The SMILES string of the molecule is CN(C)c1cc2c(cc1NC(=O)Nc1ccc(F)cc1)n(C)c(=O)n2C. The van der Waals surface area contributed by atoms with E-state index in [1.165, 1.54) is 28.8 Å². The lowest BCUT2D eigenvalue weighted by atomic mass is 10.2. The van der Waals surface area contributed by atoms with Gasteiger partial charge in [-0.25, -0.2) is 14.0 Å². The molecule has 8 heteroatoms. The number of fused-ring (bicyclic) bond motifs is 1. The third-order valence-electron chi connectivity index (χ3n) is 4.22. The zero-order valence-electron chi connectivity index (χ0n) is 15.0. The Morgan fingerprint density at radius 3 is 2.15 bits per heavy atom. The van der Waals surface area contributed by atoms with E-state index < -0.39 is 6.03 Å². The van der Waals surface area contributed by atoms with Crippen molar-refractivity contribution in [1.82, 2.24) is 9.13 Å². The number of carbonyl (C=O) groups is 1. The smallest absolute Gasteiger partial charge is 0.328 e. The Labute approximate surface area is 149 Å². The number of benzene rings is 2. The van der Waals surface area contributed by atoms with Gasteiger partial charge in [-0.2, -0.15) is 0 Å². The fourth-order valence-corrected chi connectivity index (χ4v) is 2.82. The predicted octanol–water partition coefficient (Wildman–Crippen LogP) is 2.73. The first kappa shape index (κ1) is 17.5. The summed E-state index contributed by atoms with van der Waals surface area (Å²) >= 11 is 0. The molecule has 0 aliphatic heterocycles. The molecule has 0 fully saturated rings. The van der Waals surface area contributed by atoms with Gasteiger partial charge in [0.25, 0.3) is 0 Å². The van der Waals surface area contributed by atoms with Gasteiger partial charge in [0.1, 0.15) is 5.82 Å². The van der Waals surface area contributed by atoms with E-state index in [9.17, 15) is 14.0 Å². The molecule has 0 bridgehead atoms. The molecule has 26 heavy (non-hydrogen) atoms. The average molecular weight is 357 g/mol. The van der Waals surface area contributed by atoms with E-state index in [2.05, 4.69) is 10.6 Å². The molecule has 3 aromatic rings. The fraction of sp³-hybridized carbons (Fsp3) is 0.222. The Hall–Kier alpha value is -3.29. The molecule has 2 aromatic carbocycles. The van der Waals surface area contributed by atoms with Crippen molar-refractivity contribution in [3.05, 3.63) is 52.7 Å². The number of carbonyl (C=O) groups excluding carboxylic acids is 1. The number of halogens is 1. The third kappa shape index (κ3) is 3.13. The van der Waals surface area contributed by atoms with Crippen LogP contribution in [0.2, 0.25) is 0 Å². The zero-order chi connectivity index (χ0) is 19.0. The van der Waals surface area contributed by atoms with Crippen LogP contribution in [0, 0.1) is 5.82 Å². The predicted molar refractivity (Wildman–Crippen MR) is 102 cm³/mol. The van der Waals surface area contributed by atoms with Crippen LogP contribution in [0.15, 0.2) is 41.2 Å². The highest BCUT2D eigenvalue weighted by molar-refractivity contribution is 6.03. The lowest BCUT2D eigenvalue weighted by Gasteiger charge is -2.19. The minimum absolute atomic E-state index is 0.141. The van der Waals surface area contributed by atoms with E-state index in [1.807, 2.05) is 25.1 Å². The highest BCUT2D eigenvalue weighted by Gasteiger charge is 2.15. The van der Waals surface area contributed by atoms with Crippen molar-refractivity contribution < 1.29 is 9.18 Å². The zero-order valence-corrected chi connectivity index (χ0v) is 15.0. The van der Waals surface area contributed by atoms with Crippen molar-refractivity contribution in [2.75, 3.05) is 29.6 Å². The minimum Gasteiger partial charge on any atom is -0.376 e.